The molecule has 0 amide bonds. The van der Waals surface area contributed by atoms with E-state index in [1.807, 2.05) is 0 Å². The topological polar surface area (TPSA) is 47.6 Å². The second kappa shape index (κ2) is 6.82. The number of halogens is 6. The van der Waals surface area contributed by atoms with E-state index in [-0.39, 0.29) is 23.2 Å². The van der Waals surface area contributed by atoms with Crippen molar-refractivity contribution in [2.75, 3.05) is 5.88 Å². The van der Waals surface area contributed by atoms with E-state index in [2.05, 4.69) is 4.99 Å². The van der Waals surface area contributed by atoms with Gasteiger partial charge in [-0.25, -0.2) is 18.2 Å². The normalized spacial score (nSPS) is 11.7. The Bertz CT molecular complexity index is 753. The molecular weight excluding hydrogens is 343 g/mol. The van der Waals surface area contributed by atoms with Gasteiger partial charge in [0.2, 0.25) is 34.8 Å². The molecule has 0 atom stereocenters. The molecule has 122 valence electrons. The van der Waals surface area contributed by atoms with Crippen LogP contribution in [0.4, 0.5) is 27.6 Å². The number of amidine groups is 1. The first-order chi connectivity index (χ1) is 10.8. The van der Waals surface area contributed by atoms with Crippen LogP contribution >= 0.6 is 11.6 Å². The quantitative estimate of drug-likeness (QED) is 0.222. The van der Waals surface area contributed by atoms with Crippen LogP contribution in [0.25, 0.3) is 0 Å². The molecule has 2 rings (SSSR count). The van der Waals surface area contributed by atoms with Gasteiger partial charge >= 0.3 is 0 Å². The van der Waals surface area contributed by atoms with Gasteiger partial charge in [-0.05, 0) is 12.1 Å². The van der Waals surface area contributed by atoms with Gasteiger partial charge in [-0.2, -0.15) is 8.78 Å². The molecule has 0 heterocycles. The lowest BCUT2D eigenvalue weighted by Crippen LogP contribution is -2.12. The lowest BCUT2D eigenvalue weighted by molar-refractivity contribution is 0.332. The van der Waals surface area contributed by atoms with Gasteiger partial charge in [0, 0.05) is 6.07 Å². The Labute approximate surface area is 132 Å². The lowest BCUT2D eigenvalue weighted by Gasteiger charge is -2.10. The predicted octanol–water partition coefficient (Wildman–Crippen LogP) is 4.40. The number of nitrogens with two attached hydrogens (primary N) is 1. The third-order valence-electron chi connectivity index (χ3n) is 2.62. The van der Waals surface area contributed by atoms with Gasteiger partial charge < -0.3 is 10.5 Å². The summed E-state index contributed by atoms with van der Waals surface area (Å²) in [4.78, 5) is 3.86. The van der Waals surface area contributed by atoms with Crippen molar-refractivity contribution in [3.63, 3.8) is 0 Å². The van der Waals surface area contributed by atoms with Gasteiger partial charge in [-0.15, -0.1) is 11.6 Å². The second-order valence-electron chi connectivity index (χ2n) is 4.24. The van der Waals surface area contributed by atoms with Crippen LogP contribution in [0.1, 0.15) is 0 Å². The van der Waals surface area contributed by atoms with E-state index in [4.69, 9.17) is 22.1 Å². The minimum absolute atomic E-state index is 0.0529. The summed E-state index contributed by atoms with van der Waals surface area (Å²) in [6, 6.07) is 5.30. The maximum Gasteiger partial charge on any atom is 0.207 e. The third-order valence-corrected chi connectivity index (χ3v) is 2.89. The number of ether oxygens (including phenoxy) is 1. The van der Waals surface area contributed by atoms with Crippen LogP contribution in [0.5, 0.6) is 11.5 Å². The molecule has 0 aromatic heterocycles. The van der Waals surface area contributed by atoms with Crippen molar-refractivity contribution in [2.24, 2.45) is 10.7 Å². The largest absolute Gasteiger partial charge is 0.451 e. The van der Waals surface area contributed by atoms with Crippen LogP contribution in [-0.4, -0.2) is 11.7 Å². The fraction of sp³-hybridized carbons (Fsp3) is 0.0714. The number of hydrogen-bond donors (Lipinski definition) is 1. The van der Waals surface area contributed by atoms with E-state index >= 15 is 0 Å². The fourth-order valence-electron chi connectivity index (χ4n) is 1.60. The molecule has 0 bridgehead atoms. The average Bonchev–Trinajstić information content (AvgIpc) is 2.55. The lowest BCUT2D eigenvalue weighted by atomic mass is 10.2. The number of benzene rings is 2. The van der Waals surface area contributed by atoms with Crippen LogP contribution in [0.2, 0.25) is 0 Å². The van der Waals surface area contributed by atoms with Crippen molar-refractivity contribution in [1.29, 1.82) is 0 Å². The molecule has 3 nitrogen and oxygen atoms in total. The minimum atomic E-state index is -2.26. The van der Waals surface area contributed by atoms with E-state index in [1.54, 1.807) is 0 Å². The van der Waals surface area contributed by atoms with Gasteiger partial charge in [0.15, 0.2) is 0 Å². The molecule has 0 saturated heterocycles. The smallest absolute Gasteiger partial charge is 0.207 e. The van der Waals surface area contributed by atoms with E-state index in [0.29, 0.717) is 0 Å². The molecule has 0 radical (unpaired) electrons. The number of nitrogens with zero attached hydrogens (tertiary/aromatic N) is 1. The van der Waals surface area contributed by atoms with Crippen molar-refractivity contribution in [3.8, 4) is 11.5 Å². The fourth-order valence-corrected chi connectivity index (χ4v) is 1.66. The zero-order valence-corrected chi connectivity index (χ0v) is 12.0. The summed E-state index contributed by atoms with van der Waals surface area (Å²) < 4.78 is 71.0. The van der Waals surface area contributed by atoms with Crippen molar-refractivity contribution in [1.82, 2.24) is 0 Å². The summed E-state index contributed by atoms with van der Waals surface area (Å²) in [5.74, 6) is -12.2. The molecular formula is C14H8ClF5N2O. The Hall–Kier alpha value is -2.35. The highest BCUT2D eigenvalue weighted by molar-refractivity contribution is 6.28. The number of hydrogen-bond acceptors (Lipinski definition) is 2. The summed E-state index contributed by atoms with van der Waals surface area (Å²) in [5.41, 5.74) is 5.66. The second-order valence-corrected chi connectivity index (χ2v) is 4.50. The zero-order chi connectivity index (χ0) is 17.1. The Balaban J connectivity index is 2.43. The molecule has 23 heavy (non-hydrogen) atoms. The van der Waals surface area contributed by atoms with Crippen LogP contribution < -0.4 is 10.5 Å². The van der Waals surface area contributed by atoms with E-state index in [9.17, 15) is 22.0 Å². The first-order valence-corrected chi connectivity index (χ1v) is 6.57. The number of alkyl halides is 1. The first-order valence-electron chi connectivity index (χ1n) is 6.03. The molecule has 9 heteroatoms. The Morgan fingerprint density at radius 3 is 2.13 bits per heavy atom. The molecule has 0 aliphatic carbocycles. The van der Waals surface area contributed by atoms with Gasteiger partial charge in [0.25, 0.3) is 0 Å². The number of rotatable bonds is 4. The van der Waals surface area contributed by atoms with Crippen LogP contribution in [0, 0.1) is 29.1 Å². The van der Waals surface area contributed by atoms with Crippen LogP contribution in [0.15, 0.2) is 29.3 Å². The highest BCUT2D eigenvalue weighted by Gasteiger charge is 2.27. The van der Waals surface area contributed by atoms with E-state index in [1.165, 1.54) is 24.3 Å². The molecule has 2 N–H and O–H groups in total. The molecule has 0 fully saturated rings. The average molecular weight is 351 g/mol. The standard InChI is InChI=1S/C14H8ClF5N2O/c15-5-8(21)22-6-2-1-3-7(4-6)23-14-12(19)10(17)9(16)11(18)13(14)20/h1-4H,5H2,(H2,21,22). The van der Waals surface area contributed by atoms with Crippen molar-refractivity contribution in [2.45, 2.75) is 0 Å². The van der Waals surface area contributed by atoms with Gasteiger partial charge in [0.05, 0.1) is 11.6 Å². The summed E-state index contributed by atoms with van der Waals surface area (Å²) in [6.45, 7) is 0. The summed E-state index contributed by atoms with van der Waals surface area (Å²) in [7, 11) is 0. The monoisotopic (exact) mass is 350 g/mol. The van der Waals surface area contributed by atoms with Gasteiger partial charge in [-0.1, -0.05) is 6.07 Å². The van der Waals surface area contributed by atoms with Gasteiger partial charge in [0.1, 0.15) is 11.6 Å². The Morgan fingerprint density at radius 1 is 1.00 bits per heavy atom. The third kappa shape index (κ3) is 3.53. The number of aliphatic imine (C=N–C) groups is 1. The highest BCUT2D eigenvalue weighted by Crippen LogP contribution is 2.33. The molecule has 0 saturated carbocycles. The van der Waals surface area contributed by atoms with Crippen LogP contribution in [0.3, 0.4) is 0 Å². The summed E-state index contributed by atoms with van der Waals surface area (Å²) in [5, 5.41) is 0. The molecule has 2 aromatic rings. The summed E-state index contributed by atoms with van der Waals surface area (Å²) in [6.07, 6.45) is 0. The molecule has 0 aliphatic rings. The van der Waals surface area contributed by atoms with Crippen molar-refractivity contribution in [3.05, 3.63) is 53.4 Å². The van der Waals surface area contributed by atoms with Gasteiger partial charge in [-0.3, -0.25) is 0 Å². The first kappa shape index (κ1) is 17.0. The van der Waals surface area contributed by atoms with E-state index < -0.39 is 34.8 Å². The zero-order valence-electron chi connectivity index (χ0n) is 11.2. The molecule has 0 unspecified atom stereocenters. The highest BCUT2D eigenvalue weighted by atomic mass is 35.5. The van der Waals surface area contributed by atoms with Crippen LogP contribution in [-0.2, 0) is 0 Å². The Kier molecular flexibility index (Phi) is 5.05. The molecule has 0 aliphatic heterocycles. The minimum Gasteiger partial charge on any atom is -0.451 e. The Morgan fingerprint density at radius 2 is 1.57 bits per heavy atom. The SMILES string of the molecule is NC(CCl)=Nc1cccc(Oc2c(F)c(F)c(F)c(F)c2F)c1. The maximum absolute atomic E-state index is 13.5. The summed E-state index contributed by atoms with van der Waals surface area (Å²) >= 11 is 5.46. The predicted molar refractivity (Wildman–Crippen MR) is 74.8 cm³/mol. The maximum atomic E-state index is 13.5. The van der Waals surface area contributed by atoms with E-state index in [0.717, 1.165) is 0 Å². The molecule has 0 spiro atoms. The van der Waals surface area contributed by atoms with Crippen molar-refractivity contribution >= 4 is 23.1 Å². The molecule has 2 aromatic carbocycles. The van der Waals surface area contributed by atoms with Crippen molar-refractivity contribution < 1.29 is 26.7 Å².